The van der Waals surface area contributed by atoms with Crippen molar-refractivity contribution in [3.63, 3.8) is 0 Å². The highest BCUT2D eigenvalue weighted by atomic mass is 16.4. The fraction of sp³-hybridized carbons (Fsp3) is 0.588. The molecule has 4 nitrogen and oxygen atoms in total. The Balaban J connectivity index is 1.44. The number of hydrogen-bond donors (Lipinski definition) is 1. The van der Waals surface area contributed by atoms with Crippen molar-refractivity contribution < 1.29 is 9.90 Å². The molecule has 1 fully saturated rings. The van der Waals surface area contributed by atoms with Gasteiger partial charge < -0.3 is 10.0 Å². The number of carboxylic acid groups (broad SMARTS) is 1. The van der Waals surface area contributed by atoms with Crippen molar-refractivity contribution in [3.05, 3.63) is 35.4 Å². The molecular weight excluding hydrogens is 264 g/mol. The van der Waals surface area contributed by atoms with E-state index in [1.54, 1.807) is 4.90 Å². The molecule has 21 heavy (non-hydrogen) atoms. The van der Waals surface area contributed by atoms with Gasteiger partial charge in [0, 0.05) is 26.2 Å². The summed E-state index contributed by atoms with van der Waals surface area (Å²) in [4.78, 5) is 15.0. The topological polar surface area (TPSA) is 43.8 Å². The molecule has 0 saturated carbocycles. The number of hydrogen-bond acceptors (Lipinski definition) is 2. The summed E-state index contributed by atoms with van der Waals surface area (Å²) in [6.45, 7) is 4.80. The minimum Gasteiger partial charge on any atom is -0.465 e. The Morgan fingerprint density at radius 2 is 1.86 bits per heavy atom. The third kappa shape index (κ3) is 3.56. The van der Waals surface area contributed by atoms with Crippen LogP contribution in [-0.4, -0.2) is 47.2 Å². The fourth-order valence-corrected chi connectivity index (χ4v) is 3.52. The number of carbonyl (C=O) groups is 1. The van der Waals surface area contributed by atoms with Crippen molar-refractivity contribution in [2.75, 3.05) is 26.2 Å². The second-order valence-electron chi connectivity index (χ2n) is 6.30. The van der Waals surface area contributed by atoms with Crippen LogP contribution >= 0.6 is 0 Å². The van der Waals surface area contributed by atoms with Crippen LogP contribution in [0.2, 0.25) is 0 Å². The van der Waals surface area contributed by atoms with Crippen LogP contribution < -0.4 is 0 Å². The maximum atomic E-state index is 10.9. The zero-order valence-corrected chi connectivity index (χ0v) is 12.5. The first kappa shape index (κ1) is 14.4. The van der Waals surface area contributed by atoms with Gasteiger partial charge in [0.15, 0.2) is 0 Å². The van der Waals surface area contributed by atoms with Gasteiger partial charge in [0.1, 0.15) is 0 Å². The van der Waals surface area contributed by atoms with E-state index in [4.69, 9.17) is 5.11 Å². The minimum atomic E-state index is -0.763. The van der Waals surface area contributed by atoms with Crippen molar-refractivity contribution in [1.82, 2.24) is 9.80 Å². The Morgan fingerprint density at radius 3 is 2.57 bits per heavy atom. The van der Waals surface area contributed by atoms with Crippen LogP contribution in [0.15, 0.2) is 24.3 Å². The number of amides is 1. The smallest absolute Gasteiger partial charge is 0.407 e. The molecule has 1 amide bonds. The molecule has 0 radical (unpaired) electrons. The molecule has 3 rings (SSSR count). The third-order valence-corrected chi connectivity index (χ3v) is 4.95. The van der Waals surface area contributed by atoms with Crippen LogP contribution in [0.25, 0.3) is 0 Å². The second kappa shape index (κ2) is 6.48. The average molecular weight is 288 g/mol. The van der Waals surface area contributed by atoms with Crippen molar-refractivity contribution in [2.45, 2.75) is 32.2 Å². The van der Waals surface area contributed by atoms with Crippen LogP contribution in [0.5, 0.6) is 0 Å². The van der Waals surface area contributed by atoms with Crippen LogP contribution in [-0.2, 0) is 13.0 Å². The van der Waals surface area contributed by atoms with E-state index < -0.39 is 6.09 Å². The normalized spacial score (nSPS) is 20.3. The molecule has 0 bridgehead atoms. The molecule has 0 aliphatic carbocycles. The quantitative estimate of drug-likeness (QED) is 0.930. The lowest BCUT2D eigenvalue weighted by molar-refractivity contribution is 0.119. The molecule has 114 valence electrons. The van der Waals surface area contributed by atoms with Crippen LogP contribution in [0.3, 0.4) is 0 Å². The average Bonchev–Trinajstić information content (AvgIpc) is 2.53. The predicted octanol–water partition coefficient (Wildman–Crippen LogP) is 2.82. The summed E-state index contributed by atoms with van der Waals surface area (Å²) in [7, 11) is 0. The fourth-order valence-electron chi connectivity index (χ4n) is 3.52. The van der Waals surface area contributed by atoms with Gasteiger partial charge in [0.2, 0.25) is 0 Å². The predicted molar refractivity (Wildman–Crippen MR) is 82.4 cm³/mol. The Kier molecular flexibility index (Phi) is 4.44. The monoisotopic (exact) mass is 288 g/mol. The van der Waals surface area contributed by atoms with E-state index in [1.807, 2.05) is 0 Å². The summed E-state index contributed by atoms with van der Waals surface area (Å²) in [5.41, 5.74) is 2.98. The summed E-state index contributed by atoms with van der Waals surface area (Å²) in [6, 6.07) is 8.75. The van der Waals surface area contributed by atoms with Gasteiger partial charge in [0.05, 0.1) is 0 Å². The molecule has 1 N–H and O–H groups in total. The lowest BCUT2D eigenvalue weighted by atomic mass is 9.93. The Labute approximate surface area is 126 Å². The molecule has 0 atom stereocenters. The van der Waals surface area contributed by atoms with Crippen molar-refractivity contribution in [3.8, 4) is 0 Å². The number of nitrogens with zero attached hydrogens (tertiary/aromatic N) is 2. The van der Waals surface area contributed by atoms with E-state index in [2.05, 4.69) is 29.2 Å². The van der Waals surface area contributed by atoms with Gasteiger partial charge in [-0.1, -0.05) is 24.3 Å². The van der Waals surface area contributed by atoms with Crippen LogP contribution in [0.4, 0.5) is 4.79 Å². The largest absolute Gasteiger partial charge is 0.465 e. The number of rotatable bonds is 3. The highest BCUT2D eigenvalue weighted by molar-refractivity contribution is 5.64. The molecule has 0 unspecified atom stereocenters. The molecule has 1 aromatic carbocycles. The van der Waals surface area contributed by atoms with Crippen molar-refractivity contribution >= 4 is 6.09 Å². The van der Waals surface area contributed by atoms with E-state index in [-0.39, 0.29) is 0 Å². The van der Waals surface area contributed by atoms with Gasteiger partial charge in [-0.05, 0) is 49.3 Å². The van der Waals surface area contributed by atoms with Gasteiger partial charge in [-0.3, -0.25) is 4.90 Å². The Hall–Kier alpha value is -1.55. The molecule has 0 spiro atoms. The molecule has 2 heterocycles. The van der Waals surface area contributed by atoms with Gasteiger partial charge in [-0.25, -0.2) is 4.79 Å². The summed E-state index contributed by atoms with van der Waals surface area (Å²) in [5.74, 6) is 0.692. The van der Waals surface area contributed by atoms with E-state index >= 15 is 0 Å². The first-order chi connectivity index (χ1) is 10.2. The SMILES string of the molecule is O=C(O)N1CCC(CCN2CCc3ccccc3C2)CC1. The van der Waals surface area contributed by atoms with Crippen molar-refractivity contribution in [2.24, 2.45) is 5.92 Å². The molecular formula is C17H24N2O2. The third-order valence-electron chi connectivity index (χ3n) is 4.95. The van der Waals surface area contributed by atoms with Gasteiger partial charge >= 0.3 is 6.09 Å². The minimum absolute atomic E-state index is 0.692. The standard InChI is InChI=1S/C17H24N2O2/c20-17(21)19-11-6-14(7-12-19)5-9-18-10-8-15-3-1-2-4-16(15)13-18/h1-4,14H,5-13H2,(H,20,21). The number of piperidine rings is 1. The number of fused-ring (bicyclic) bond motifs is 1. The Bertz CT molecular complexity index is 495. The highest BCUT2D eigenvalue weighted by Crippen LogP contribution is 2.23. The van der Waals surface area contributed by atoms with E-state index in [0.29, 0.717) is 19.0 Å². The van der Waals surface area contributed by atoms with Crippen LogP contribution in [0, 0.1) is 5.92 Å². The summed E-state index contributed by atoms with van der Waals surface area (Å²) in [5, 5.41) is 8.97. The molecule has 1 aromatic rings. The molecule has 1 saturated heterocycles. The molecule has 2 aliphatic rings. The molecule has 2 aliphatic heterocycles. The number of likely N-dealkylation sites (tertiary alicyclic amines) is 1. The van der Waals surface area contributed by atoms with E-state index in [1.165, 1.54) is 17.5 Å². The lowest BCUT2D eigenvalue weighted by Gasteiger charge is -2.33. The summed E-state index contributed by atoms with van der Waals surface area (Å²) < 4.78 is 0. The maximum Gasteiger partial charge on any atom is 0.407 e. The summed E-state index contributed by atoms with van der Waals surface area (Å²) >= 11 is 0. The van der Waals surface area contributed by atoms with E-state index in [9.17, 15) is 4.79 Å². The molecule has 0 aromatic heterocycles. The van der Waals surface area contributed by atoms with E-state index in [0.717, 1.165) is 38.9 Å². The van der Waals surface area contributed by atoms with Crippen LogP contribution in [0.1, 0.15) is 30.4 Å². The number of benzene rings is 1. The van der Waals surface area contributed by atoms with Crippen molar-refractivity contribution in [1.29, 1.82) is 0 Å². The zero-order valence-electron chi connectivity index (χ0n) is 12.5. The Morgan fingerprint density at radius 1 is 1.14 bits per heavy atom. The zero-order chi connectivity index (χ0) is 14.7. The lowest BCUT2D eigenvalue weighted by Crippen LogP contribution is -2.38. The van der Waals surface area contributed by atoms with Gasteiger partial charge in [0.25, 0.3) is 0 Å². The first-order valence-corrected chi connectivity index (χ1v) is 7.99. The van der Waals surface area contributed by atoms with Gasteiger partial charge in [-0.15, -0.1) is 0 Å². The molecule has 4 heteroatoms. The first-order valence-electron chi connectivity index (χ1n) is 7.99. The maximum absolute atomic E-state index is 10.9. The highest BCUT2D eigenvalue weighted by Gasteiger charge is 2.23. The summed E-state index contributed by atoms with van der Waals surface area (Å²) in [6.07, 6.45) is 3.65. The van der Waals surface area contributed by atoms with Gasteiger partial charge in [-0.2, -0.15) is 0 Å². The second-order valence-corrected chi connectivity index (χ2v) is 6.30.